The van der Waals surface area contributed by atoms with Crippen molar-refractivity contribution in [2.45, 2.75) is 25.8 Å². The Kier molecular flexibility index (Phi) is 5.74. The van der Waals surface area contributed by atoms with E-state index in [1.54, 1.807) is 43.3 Å². The number of aromatic nitrogens is 3. The molecule has 3 aromatic rings. The molecule has 1 aliphatic carbocycles. The third kappa shape index (κ3) is 4.95. The van der Waals surface area contributed by atoms with E-state index in [2.05, 4.69) is 20.8 Å². The molecule has 0 saturated heterocycles. The van der Waals surface area contributed by atoms with Crippen LogP contribution >= 0.6 is 0 Å². The molecule has 0 atom stereocenters. The van der Waals surface area contributed by atoms with Crippen molar-refractivity contribution in [1.29, 1.82) is 0 Å². The SMILES string of the molecule is Cc1nn(-c2ccccc2)nc1C(=O)OCC(=O)Nc1ccccc1C(=O)NC1CC1. The summed E-state index contributed by atoms with van der Waals surface area (Å²) in [5.41, 5.74) is 1.82. The fraction of sp³-hybridized carbons (Fsp3) is 0.227. The van der Waals surface area contributed by atoms with Crippen LogP contribution in [-0.2, 0) is 9.53 Å². The van der Waals surface area contributed by atoms with Crippen molar-refractivity contribution in [3.05, 3.63) is 71.5 Å². The van der Waals surface area contributed by atoms with Crippen LogP contribution in [0.15, 0.2) is 54.6 Å². The molecule has 1 aliphatic rings. The van der Waals surface area contributed by atoms with Crippen LogP contribution in [0.2, 0.25) is 0 Å². The van der Waals surface area contributed by atoms with Crippen LogP contribution < -0.4 is 10.6 Å². The zero-order valence-corrected chi connectivity index (χ0v) is 16.9. The Morgan fingerprint density at radius 1 is 1.03 bits per heavy atom. The number of esters is 1. The predicted molar refractivity (Wildman–Crippen MR) is 112 cm³/mol. The summed E-state index contributed by atoms with van der Waals surface area (Å²) in [5, 5.41) is 13.9. The predicted octanol–water partition coefficient (Wildman–Crippen LogP) is 2.26. The van der Waals surface area contributed by atoms with Gasteiger partial charge in [-0.05, 0) is 44.0 Å². The molecule has 0 unspecified atom stereocenters. The number of nitrogens with zero attached hydrogens (tertiary/aromatic N) is 3. The van der Waals surface area contributed by atoms with Gasteiger partial charge in [0.2, 0.25) is 0 Å². The smallest absolute Gasteiger partial charge is 0.361 e. The van der Waals surface area contributed by atoms with E-state index in [4.69, 9.17) is 4.74 Å². The van der Waals surface area contributed by atoms with Gasteiger partial charge in [0, 0.05) is 6.04 Å². The van der Waals surface area contributed by atoms with Crippen molar-refractivity contribution in [2.24, 2.45) is 0 Å². The second-order valence-corrected chi connectivity index (χ2v) is 7.18. The molecule has 0 aliphatic heterocycles. The maximum atomic E-state index is 12.4. The molecule has 0 bridgehead atoms. The molecule has 9 heteroatoms. The standard InChI is InChI=1S/C22H21N5O4/c1-14-20(26-27(25-14)16-7-3-2-4-8-16)22(30)31-13-19(28)24-18-10-6-5-9-17(18)21(29)23-15-11-12-15/h2-10,15H,11-13H2,1H3,(H,23,29)(H,24,28). The van der Waals surface area contributed by atoms with Gasteiger partial charge in [-0.2, -0.15) is 9.90 Å². The van der Waals surface area contributed by atoms with E-state index >= 15 is 0 Å². The van der Waals surface area contributed by atoms with E-state index in [1.165, 1.54) is 4.80 Å². The van der Waals surface area contributed by atoms with Crippen molar-refractivity contribution in [2.75, 3.05) is 11.9 Å². The van der Waals surface area contributed by atoms with Crippen molar-refractivity contribution in [3.8, 4) is 5.69 Å². The minimum Gasteiger partial charge on any atom is -0.451 e. The Balaban J connectivity index is 1.37. The van der Waals surface area contributed by atoms with Crippen LogP contribution in [-0.4, -0.2) is 45.4 Å². The monoisotopic (exact) mass is 419 g/mol. The summed E-state index contributed by atoms with van der Waals surface area (Å²) in [6.45, 7) is 1.12. The maximum absolute atomic E-state index is 12.4. The van der Waals surface area contributed by atoms with E-state index in [-0.39, 0.29) is 17.6 Å². The molecule has 1 aromatic heterocycles. The van der Waals surface area contributed by atoms with E-state index in [0.717, 1.165) is 12.8 Å². The summed E-state index contributed by atoms with van der Waals surface area (Å²) in [4.78, 5) is 38.4. The first-order chi connectivity index (χ1) is 15.0. The number of para-hydroxylation sites is 2. The summed E-state index contributed by atoms with van der Waals surface area (Å²) in [5.74, 6) is -1.56. The summed E-state index contributed by atoms with van der Waals surface area (Å²) < 4.78 is 5.10. The minimum atomic E-state index is -0.755. The van der Waals surface area contributed by atoms with Gasteiger partial charge in [-0.1, -0.05) is 30.3 Å². The first-order valence-electron chi connectivity index (χ1n) is 9.87. The van der Waals surface area contributed by atoms with Gasteiger partial charge in [0.15, 0.2) is 12.3 Å². The van der Waals surface area contributed by atoms with Gasteiger partial charge in [-0.15, -0.1) is 5.10 Å². The van der Waals surface area contributed by atoms with E-state index in [0.29, 0.717) is 22.6 Å². The van der Waals surface area contributed by atoms with Crippen molar-refractivity contribution in [3.63, 3.8) is 0 Å². The Morgan fingerprint density at radius 3 is 2.48 bits per heavy atom. The summed E-state index contributed by atoms with van der Waals surface area (Å²) in [6.07, 6.45) is 1.93. The number of nitrogens with one attached hydrogen (secondary N) is 2. The summed E-state index contributed by atoms with van der Waals surface area (Å²) in [6, 6.07) is 16.0. The van der Waals surface area contributed by atoms with Crippen LogP contribution in [0.1, 0.15) is 39.4 Å². The Hall–Kier alpha value is -4.01. The number of hydrogen-bond donors (Lipinski definition) is 2. The average Bonchev–Trinajstić information content (AvgIpc) is 3.51. The van der Waals surface area contributed by atoms with Gasteiger partial charge in [0.05, 0.1) is 22.6 Å². The third-order valence-electron chi connectivity index (χ3n) is 4.66. The lowest BCUT2D eigenvalue weighted by Crippen LogP contribution is -2.28. The highest BCUT2D eigenvalue weighted by Crippen LogP contribution is 2.21. The topological polar surface area (TPSA) is 115 Å². The lowest BCUT2D eigenvalue weighted by atomic mass is 10.1. The second kappa shape index (κ2) is 8.78. The number of amides is 2. The highest BCUT2D eigenvalue weighted by atomic mass is 16.5. The highest BCUT2D eigenvalue weighted by Gasteiger charge is 2.25. The molecule has 0 radical (unpaired) electrons. The molecular weight excluding hydrogens is 398 g/mol. The minimum absolute atomic E-state index is 0.0286. The highest BCUT2D eigenvalue weighted by molar-refractivity contribution is 6.04. The average molecular weight is 419 g/mol. The van der Waals surface area contributed by atoms with Gasteiger partial charge in [-0.3, -0.25) is 9.59 Å². The number of aryl methyl sites for hydroxylation is 1. The number of rotatable bonds is 7. The van der Waals surface area contributed by atoms with Gasteiger partial charge >= 0.3 is 5.97 Å². The maximum Gasteiger partial charge on any atom is 0.361 e. The molecule has 158 valence electrons. The Labute approximate surface area is 178 Å². The second-order valence-electron chi connectivity index (χ2n) is 7.18. The molecule has 1 heterocycles. The van der Waals surface area contributed by atoms with Crippen molar-refractivity contribution >= 4 is 23.5 Å². The van der Waals surface area contributed by atoms with Crippen LogP contribution in [0.25, 0.3) is 5.69 Å². The lowest BCUT2D eigenvalue weighted by Gasteiger charge is -2.11. The zero-order valence-electron chi connectivity index (χ0n) is 16.9. The van der Waals surface area contributed by atoms with Crippen molar-refractivity contribution in [1.82, 2.24) is 20.3 Å². The third-order valence-corrected chi connectivity index (χ3v) is 4.66. The van der Waals surface area contributed by atoms with Gasteiger partial charge < -0.3 is 15.4 Å². The summed E-state index contributed by atoms with van der Waals surface area (Å²) >= 11 is 0. The molecule has 1 saturated carbocycles. The van der Waals surface area contributed by atoms with Gasteiger partial charge in [-0.25, -0.2) is 4.79 Å². The molecular formula is C22H21N5O4. The number of carbonyl (C=O) groups is 3. The van der Waals surface area contributed by atoms with Crippen LogP contribution in [0, 0.1) is 6.92 Å². The van der Waals surface area contributed by atoms with E-state index < -0.39 is 18.5 Å². The summed E-state index contributed by atoms with van der Waals surface area (Å²) in [7, 11) is 0. The Morgan fingerprint density at radius 2 is 1.74 bits per heavy atom. The molecule has 2 aromatic carbocycles. The largest absolute Gasteiger partial charge is 0.451 e. The molecule has 9 nitrogen and oxygen atoms in total. The molecule has 31 heavy (non-hydrogen) atoms. The number of benzene rings is 2. The Bertz CT molecular complexity index is 1120. The number of hydrogen-bond acceptors (Lipinski definition) is 6. The lowest BCUT2D eigenvalue weighted by molar-refractivity contribution is -0.119. The first-order valence-corrected chi connectivity index (χ1v) is 9.87. The van der Waals surface area contributed by atoms with Gasteiger partial charge in [0.25, 0.3) is 11.8 Å². The van der Waals surface area contributed by atoms with E-state index in [1.807, 2.05) is 18.2 Å². The van der Waals surface area contributed by atoms with Crippen LogP contribution in [0.5, 0.6) is 0 Å². The zero-order chi connectivity index (χ0) is 21.8. The normalized spacial score (nSPS) is 12.8. The van der Waals surface area contributed by atoms with Crippen LogP contribution in [0.3, 0.4) is 0 Å². The molecule has 2 amide bonds. The molecule has 4 rings (SSSR count). The number of ether oxygens (including phenoxy) is 1. The molecule has 0 spiro atoms. The quantitative estimate of drug-likeness (QED) is 0.568. The van der Waals surface area contributed by atoms with Gasteiger partial charge in [0.1, 0.15) is 0 Å². The molecule has 1 fully saturated rings. The van der Waals surface area contributed by atoms with Crippen LogP contribution in [0.4, 0.5) is 5.69 Å². The van der Waals surface area contributed by atoms with Crippen molar-refractivity contribution < 1.29 is 19.1 Å². The molecule has 2 N–H and O–H groups in total. The first kappa shape index (κ1) is 20.3. The number of carbonyl (C=O) groups excluding carboxylic acids is 3. The number of anilines is 1. The van der Waals surface area contributed by atoms with E-state index in [9.17, 15) is 14.4 Å². The fourth-order valence-corrected chi connectivity index (χ4v) is 2.91. The fourth-order valence-electron chi connectivity index (χ4n) is 2.91.